The fourth-order valence-corrected chi connectivity index (χ4v) is 1.76. The molecule has 1 rings (SSSR count). The Balaban J connectivity index is 2.61. The number of benzene rings is 1. The molecule has 0 aliphatic heterocycles. The van der Waals surface area contributed by atoms with Gasteiger partial charge in [0, 0.05) is 12.1 Å². The molecule has 18 heavy (non-hydrogen) atoms. The summed E-state index contributed by atoms with van der Waals surface area (Å²) in [5, 5.41) is 13.0. The van der Waals surface area contributed by atoms with Crippen molar-refractivity contribution in [3.8, 4) is 0 Å². The molecule has 0 aliphatic carbocycles. The lowest BCUT2D eigenvalue weighted by Crippen LogP contribution is -2.45. The number of amides is 1. The summed E-state index contributed by atoms with van der Waals surface area (Å²) in [7, 11) is 0. The zero-order chi connectivity index (χ0) is 13.8. The minimum absolute atomic E-state index is 0.137. The summed E-state index contributed by atoms with van der Waals surface area (Å²) in [6.45, 7) is 8.00. The van der Waals surface area contributed by atoms with E-state index in [1.165, 1.54) is 0 Å². The Morgan fingerprint density at radius 2 is 2.17 bits per heavy atom. The van der Waals surface area contributed by atoms with Crippen LogP contribution in [0, 0.1) is 12.8 Å². The summed E-state index contributed by atoms with van der Waals surface area (Å²) in [5.41, 5.74) is 0.820. The monoisotopic (exact) mass is 249 g/mol. The summed E-state index contributed by atoms with van der Waals surface area (Å²) >= 11 is 0. The van der Waals surface area contributed by atoms with Crippen LogP contribution in [0.1, 0.15) is 43.1 Å². The van der Waals surface area contributed by atoms with Crippen molar-refractivity contribution in [2.24, 2.45) is 5.92 Å². The lowest BCUT2D eigenvalue weighted by molar-refractivity contribution is 0.00593. The van der Waals surface area contributed by atoms with Crippen molar-refractivity contribution >= 4 is 5.91 Å². The molecule has 2 N–H and O–H groups in total. The molecule has 0 spiro atoms. The third-order valence-electron chi connectivity index (χ3n) is 3.56. The Labute approximate surface area is 109 Å². The average Bonchev–Trinajstić information content (AvgIpc) is 2.35. The molecule has 0 saturated heterocycles. The molecule has 0 fully saturated rings. The van der Waals surface area contributed by atoms with Crippen LogP contribution in [-0.4, -0.2) is 23.2 Å². The van der Waals surface area contributed by atoms with Crippen molar-refractivity contribution < 1.29 is 9.90 Å². The Morgan fingerprint density at radius 3 is 2.72 bits per heavy atom. The van der Waals surface area contributed by atoms with Crippen molar-refractivity contribution in [2.45, 2.75) is 39.7 Å². The lowest BCUT2D eigenvalue weighted by Gasteiger charge is -2.29. The fraction of sp³-hybridized carbons (Fsp3) is 0.533. The Hall–Kier alpha value is -1.35. The average molecular weight is 249 g/mol. The molecule has 0 saturated carbocycles. The van der Waals surface area contributed by atoms with Crippen molar-refractivity contribution in [2.75, 3.05) is 6.54 Å². The van der Waals surface area contributed by atoms with Crippen LogP contribution >= 0.6 is 0 Å². The van der Waals surface area contributed by atoms with Gasteiger partial charge in [-0.1, -0.05) is 38.0 Å². The van der Waals surface area contributed by atoms with E-state index in [9.17, 15) is 9.90 Å². The van der Waals surface area contributed by atoms with Gasteiger partial charge in [-0.05, 0) is 31.9 Å². The van der Waals surface area contributed by atoms with Gasteiger partial charge >= 0.3 is 0 Å². The van der Waals surface area contributed by atoms with Gasteiger partial charge in [0.05, 0.1) is 5.60 Å². The largest absolute Gasteiger partial charge is 0.388 e. The molecule has 0 radical (unpaired) electrons. The number of aryl methyl sites for hydroxylation is 1. The molecule has 3 heteroatoms. The number of carbonyl (C=O) groups excluding carboxylic acids is 1. The fourth-order valence-electron chi connectivity index (χ4n) is 1.76. The summed E-state index contributed by atoms with van der Waals surface area (Å²) in [4.78, 5) is 11.9. The highest BCUT2D eigenvalue weighted by Gasteiger charge is 2.27. The van der Waals surface area contributed by atoms with Gasteiger partial charge in [-0.2, -0.15) is 0 Å². The van der Waals surface area contributed by atoms with Crippen molar-refractivity contribution in [3.05, 3.63) is 35.4 Å². The molecular weight excluding hydrogens is 226 g/mol. The van der Waals surface area contributed by atoms with Crippen LogP contribution in [0.3, 0.4) is 0 Å². The smallest absolute Gasteiger partial charge is 0.251 e. The van der Waals surface area contributed by atoms with Gasteiger partial charge in [0.2, 0.25) is 0 Å². The second kappa shape index (κ2) is 6.01. The predicted octanol–water partition coefficient (Wildman–Crippen LogP) is 2.52. The number of hydrogen-bond donors (Lipinski definition) is 2. The van der Waals surface area contributed by atoms with Gasteiger partial charge in [-0.15, -0.1) is 0 Å². The predicted molar refractivity (Wildman–Crippen MR) is 73.6 cm³/mol. The maximum Gasteiger partial charge on any atom is 0.251 e. The van der Waals surface area contributed by atoms with Crippen LogP contribution in [-0.2, 0) is 0 Å². The molecule has 0 aromatic heterocycles. The van der Waals surface area contributed by atoms with E-state index in [0.29, 0.717) is 5.56 Å². The molecule has 3 nitrogen and oxygen atoms in total. The Morgan fingerprint density at radius 1 is 1.50 bits per heavy atom. The molecule has 0 heterocycles. The second-order valence-corrected chi connectivity index (χ2v) is 5.22. The molecule has 1 aromatic carbocycles. The van der Waals surface area contributed by atoms with Gasteiger partial charge in [0.15, 0.2) is 0 Å². The first-order valence-corrected chi connectivity index (χ1v) is 6.44. The van der Waals surface area contributed by atoms with E-state index in [4.69, 9.17) is 0 Å². The highest BCUT2D eigenvalue weighted by Crippen LogP contribution is 2.19. The summed E-state index contributed by atoms with van der Waals surface area (Å²) in [6, 6.07) is 7.43. The first kappa shape index (κ1) is 14.7. The lowest BCUT2D eigenvalue weighted by atomic mass is 9.88. The standard InChI is InChI=1S/C15H23NO2/c1-5-12(3)15(4,18)10-16-14(17)13-8-6-7-11(2)9-13/h6-9,12,18H,5,10H2,1-4H3,(H,16,17). The van der Waals surface area contributed by atoms with Gasteiger partial charge in [0.25, 0.3) is 5.91 Å². The topological polar surface area (TPSA) is 49.3 Å². The second-order valence-electron chi connectivity index (χ2n) is 5.22. The van der Waals surface area contributed by atoms with Crippen LogP contribution in [0.15, 0.2) is 24.3 Å². The quantitative estimate of drug-likeness (QED) is 0.842. The Bertz CT molecular complexity index is 413. The van der Waals surface area contributed by atoms with Crippen molar-refractivity contribution in [3.63, 3.8) is 0 Å². The van der Waals surface area contributed by atoms with E-state index >= 15 is 0 Å². The first-order valence-electron chi connectivity index (χ1n) is 6.44. The van der Waals surface area contributed by atoms with E-state index in [-0.39, 0.29) is 18.4 Å². The van der Waals surface area contributed by atoms with Crippen LogP contribution in [0.5, 0.6) is 0 Å². The third-order valence-corrected chi connectivity index (χ3v) is 3.56. The molecule has 2 unspecified atom stereocenters. The number of rotatable bonds is 5. The van der Waals surface area contributed by atoms with Crippen LogP contribution in [0.25, 0.3) is 0 Å². The van der Waals surface area contributed by atoms with E-state index < -0.39 is 5.60 Å². The van der Waals surface area contributed by atoms with Crippen LogP contribution in [0.4, 0.5) is 0 Å². The van der Waals surface area contributed by atoms with Gasteiger partial charge < -0.3 is 10.4 Å². The van der Waals surface area contributed by atoms with E-state index in [1.54, 1.807) is 13.0 Å². The van der Waals surface area contributed by atoms with Crippen molar-refractivity contribution in [1.29, 1.82) is 0 Å². The maximum absolute atomic E-state index is 11.9. The number of aliphatic hydroxyl groups is 1. The maximum atomic E-state index is 11.9. The SMILES string of the molecule is CCC(C)C(C)(O)CNC(=O)c1cccc(C)c1. The van der Waals surface area contributed by atoms with Crippen LogP contribution < -0.4 is 5.32 Å². The third kappa shape index (κ3) is 3.84. The number of nitrogens with one attached hydrogen (secondary N) is 1. The summed E-state index contributed by atoms with van der Waals surface area (Å²) in [5.74, 6) is 0.0117. The van der Waals surface area contributed by atoms with Crippen molar-refractivity contribution in [1.82, 2.24) is 5.32 Å². The molecule has 0 aliphatic rings. The Kier molecular flexibility index (Phi) is 4.91. The normalized spacial score (nSPS) is 15.8. The minimum Gasteiger partial charge on any atom is -0.388 e. The van der Waals surface area contributed by atoms with Crippen LogP contribution in [0.2, 0.25) is 0 Å². The van der Waals surface area contributed by atoms with E-state index in [1.807, 2.05) is 39.0 Å². The molecule has 2 atom stereocenters. The van der Waals surface area contributed by atoms with Gasteiger partial charge in [-0.3, -0.25) is 4.79 Å². The first-order chi connectivity index (χ1) is 8.36. The molecular formula is C15H23NO2. The highest BCUT2D eigenvalue weighted by atomic mass is 16.3. The zero-order valence-electron chi connectivity index (χ0n) is 11.7. The van der Waals surface area contributed by atoms with Gasteiger partial charge in [-0.25, -0.2) is 0 Å². The zero-order valence-corrected chi connectivity index (χ0v) is 11.7. The molecule has 100 valence electrons. The molecule has 0 bridgehead atoms. The number of hydrogen-bond acceptors (Lipinski definition) is 2. The minimum atomic E-state index is -0.867. The van der Waals surface area contributed by atoms with Gasteiger partial charge in [0.1, 0.15) is 0 Å². The summed E-state index contributed by atoms with van der Waals surface area (Å²) in [6.07, 6.45) is 0.882. The highest BCUT2D eigenvalue weighted by molar-refractivity contribution is 5.94. The molecule has 1 amide bonds. The van der Waals surface area contributed by atoms with E-state index in [0.717, 1.165) is 12.0 Å². The van der Waals surface area contributed by atoms with E-state index in [2.05, 4.69) is 5.32 Å². The molecule has 1 aromatic rings. The summed E-state index contributed by atoms with van der Waals surface area (Å²) < 4.78 is 0. The number of carbonyl (C=O) groups is 1.